The van der Waals surface area contributed by atoms with Crippen LogP contribution in [0.4, 0.5) is 5.69 Å². The predicted molar refractivity (Wildman–Crippen MR) is 115 cm³/mol. The molecule has 1 unspecified atom stereocenters. The Bertz CT molecular complexity index is 966. The number of carbonyl (C=O) groups is 1. The number of aliphatic hydroxyl groups excluding tert-OH is 2. The average Bonchev–Trinajstić information content (AvgIpc) is 2.77. The number of anilines is 1. The summed E-state index contributed by atoms with van der Waals surface area (Å²) in [4.78, 5) is 12.6. The second kappa shape index (κ2) is 10.6. The summed E-state index contributed by atoms with van der Waals surface area (Å²) in [5, 5.41) is 22.1. The van der Waals surface area contributed by atoms with Crippen LogP contribution in [0.3, 0.4) is 0 Å². The number of halogens is 1. The monoisotopic (exact) mass is 427 g/mol. The molecule has 0 spiro atoms. The van der Waals surface area contributed by atoms with Crippen LogP contribution < -0.4 is 14.8 Å². The third kappa shape index (κ3) is 5.97. The lowest BCUT2D eigenvalue weighted by molar-refractivity contribution is 0.0727. The van der Waals surface area contributed by atoms with Crippen LogP contribution in [0.5, 0.6) is 11.5 Å². The standard InChI is InChI=1S/C23H22ClNO5/c24-18-11-20(25-13-19(27)14-26)22(29-15-16-7-3-1-4-8-16)21(12-18)30-23(28)17-9-5-2-6-10-17/h1-12,19,25-27H,13-15H2. The fraction of sp³-hybridized carbons (Fsp3) is 0.174. The molecule has 0 radical (unpaired) electrons. The Hall–Kier alpha value is -3.06. The molecule has 0 aliphatic heterocycles. The van der Waals surface area contributed by atoms with Crippen molar-refractivity contribution < 1.29 is 24.5 Å². The van der Waals surface area contributed by atoms with Gasteiger partial charge in [-0.1, -0.05) is 60.1 Å². The Labute approximate surface area is 179 Å². The quantitative estimate of drug-likeness (QED) is 0.354. The Morgan fingerprint density at radius 3 is 2.37 bits per heavy atom. The Morgan fingerprint density at radius 2 is 1.70 bits per heavy atom. The molecule has 3 rings (SSSR count). The van der Waals surface area contributed by atoms with Gasteiger partial charge in [0.2, 0.25) is 0 Å². The number of aliphatic hydroxyl groups is 2. The molecule has 0 fully saturated rings. The molecule has 0 aliphatic carbocycles. The van der Waals surface area contributed by atoms with Crippen molar-refractivity contribution in [2.45, 2.75) is 12.7 Å². The first kappa shape index (κ1) is 21.6. The molecule has 6 nitrogen and oxygen atoms in total. The van der Waals surface area contributed by atoms with E-state index in [1.54, 1.807) is 36.4 Å². The molecule has 0 heterocycles. The second-order valence-electron chi connectivity index (χ2n) is 6.53. The van der Waals surface area contributed by atoms with E-state index < -0.39 is 18.7 Å². The van der Waals surface area contributed by atoms with E-state index in [0.717, 1.165) is 5.56 Å². The highest BCUT2D eigenvalue weighted by atomic mass is 35.5. The van der Waals surface area contributed by atoms with Crippen molar-refractivity contribution in [2.24, 2.45) is 0 Å². The van der Waals surface area contributed by atoms with Gasteiger partial charge >= 0.3 is 5.97 Å². The minimum atomic E-state index is -0.971. The first-order valence-corrected chi connectivity index (χ1v) is 9.75. The van der Waals surface area contributed by atoms with Crippen LogP contribution in [0.15, 0.2) is 72.8 Å². The summed E-state index contributed by atoms with van der Waals surface area (Å²) in [5.74, 6) is -0.130. The van der Waals surface area contributed by atoms with Crippen LogP contribution in [0, 0.1) is 0 Å². The lowest BCUT2D eigenvalue weighted by atomic mass is 10.2. The molecule has 0 aromatic heterocycles. The highest BCUT2D eigenvalue weighted by Gasteiger charge is 2.18. The average molecular weight is 428 g/mol. The van der Waals surface area contributed by atoms with E-state index in [1.807, 2.05) is 30.3 Å². The topological polar surface area (TPSA) is 88.0 Å². The number of benzene rings is 3. The summed E-state index contributed by atoms with van der Waals surface area (Å²) in [6.07, 6.45) is -0.971. The number of esters is 1. The molecular formula is C23H22ClNO5. The number of nitrogens with one attached hydrogen (secondary N) is 1. The summed E-state index contributed by atoms with van der Waals surface area (Å²) in [6.45, 7) is -0.107. The van der Waals surface area contributed by atoms with E-state index in [0.29, 0.717) is 16.3 Å². The lowest BCUT2D eigenvalue weighted by Crippen LogP contribution is -2.23. The molecule has 156 valence electrons. The summed E-state index contributed by atoms with van der Waals surface area (Å²) >= 11 is 6.22. The summed E-state index contributed by atoms with van der Waals surface area (Å²) in [5.41, 5.74) is 1.74. The van der Waals surface area contributed by atoms with Gasteiger partial charge in [0, 0.05) is 17.6 Å². The number of ether oxygens (including phenoxy) is 2. The molecule has 7 heteroatoms. The van der Waals surface area contributed by atoms with Gasteiger partial charge in [0.25, 0.3) is 0 Å². The fourth-order valence-electron chi connectivity index (χ4n) is 2.68. The first-order valence-electron chi connectivity index (χ1n) is 9.37. The van der Waals surface area contributed by atoms with Gasteiger partial charge in [0.15, 0.2) is 11.5 Å². The molecular weight excluding hydrogens is 406 g/mol. The van der Waals surface area contributed by atoms with E-state index in [4.69, 9.17) is 26.2 Å². The van der Waals surface area contributed by atoms with Crippen molar-refractivity contribution in [3.8, 4) is 11.5 Å². The van der Waals surface area contributed by atoms with Gasteiger partial charge in [-0.15, -0.1) is 0 Å². The zero-order valence-electron chi connectivity index (χ0n) is 16.1. The molecule has 0 amide bonds. The summed E-state index contributed by atoms with van der Waals surface area (Å²) < 4.78 is 11.5. The van der Waals surface area contributed by atoms with Crippen LogP contribution in [-0.4, -0.2) is 35.4 Å². The SMILES string of the molecule is O=C(Oc1cc(Cl)cc(NCC(O)CO)c1OCc1ccccc1)c1ccccc1. The highest BCUT2D eigenvalue weighted by Crippen LogP contribution is 2.39. The molecule has 30 heavy (non-hydrogen) atoms. The maximum atomic E-state index is 12.6. The number of rotatable bonds is 9. The number of carbonyl (C=O) groups excluding carboxylic acids is 1. The van der Waals surface area contributed by atoms with E-state index >= 15 is 0 Å². The first-order chi connectivity index (χ1) is 14.6. The number of hydrogen-bond donors (Lipinski definition) is 3. The van der Waals surface area contributed by atoms with Crippen LogP contribution in [0.2, 0.25) is 5.02 Å². The van der Waals surface area contributed by atoms with E-state index in [1.165, 1.54) is 6.07 Å². The predicted octanol–water partition coefficient (Wildman–Crippen LogP) is 3.90. The molecule has 0 bridgehead atoms. The molecule has 0 saturated heterocycles. The van der Waals surface area contributed by atoms with Crippen molar-refractivity contribution in [1.29, 1.82) is 0 Å². The van der Waals surface area contributed by atoms with Gasteiger partial charge in [-0.3, -0.25) is 0 Å². The zero-order chi connectivity index (χ0) is 21.3. The van der Waals surface area contributed by atoms with Gasteiger partial charge in [-0.05, 0) is 23.8 Å². The largest absolute Gasteiger partial charge is 0.483 e. The van der Waals surface area contributed by atoms with Gasteiger partial charge in [0.1, 0.15) is 6.61 Å². The zero-order valence-corrected chi connectivity index (χ0v) is 16.9. The van der Waals surface area contributed by atoms with Crippen LogP contribution in [0.1, 0.15) is 15.9 Å². The van der Waals surface area contributed by atoms with Crippen molar-refractivity contribution in [3.63, 3.8) is 0 Å². The lowest BCUT2D eigenvalue weighted by Gasteiger charge is -2.18. The Kier molecular flexibility index (Phi) is 7.68. The van der Waals surface area contributed by atoms with Crippen LogP contribution in [-0.2, 0) is 6.61 Å². The van der Waals surface area contributed by atoms with Gasteiger partial charge < -0.3 is 25.0 Å². The molecule has 0 aliphatic rings. The van der Waals surface area contributed by atoms with Gasteiger partial charge in [-0.2, -0.15) is 0 Å². The van der Waals surface area contributed by atoms with E-state index in [2.05, 4.69) is 5.32 Å². The summed E-state index contributed by atoms with van der Waals surface area (Å²) in [7, 11) is 0. The minimum Gasteiger partial charge on any atom is -0.483 e. The third-order valence-corrected chi connectivity index (χ3v) is 4.41. The number of hydrogen-bond acceptors (Lipinski definition) is 6. The van der Waals surface area contributed by atoms with E-state index in [9.17, 15) is 9.90 Å². The van der Waals surface area contributed by atoms with Gasteiger partial charge in [0.05, 0.1) is 24.0 Å². The Balaban J connectivity index is 1.89. The van der Waals surface area contributed by atoms with Crippen molar-refractivity contribution >= 4 is 23.3 Å². The maximum Gasteiger partial charge on any atom is 0.343 e. The fourth-order valence-corrected chi connectivity index (χ4v) is 2.89. The minimum absolute atomic E-state index is 0.0601. The second-order valence-corrected chi connectivity index (χ2v) is 6.96. The molecule has 1 atom stereocenters. The third-order valence-electron chi connectivity index (χ3n) is 4.20. The van der Waals surface area contributed by atoms with Gasteiger partial charge in [-0.25, -0.2) is 4.79 Å². The van der Waals surface area contributed by atoms with Crippen molar-refractivity contribution in [2.75, 3.05) is 18.5 Å². The van der Waals surface area contributed by atoms with Crippen molar-refractivity contribution in [1.82, 2.24) is 0 Å². The molecule has 0 saturated carbocycles. The molecule has 3 N–H and O–H groups in total. The highest BCUT2D eigenvalue weighted by molar-refractivity contribution is 6.31. The summed E-state index contributed by atoms with van der Waals surface area (Å²) in [6, 6.07) is 21.2. The van der Waals surface area contributed by atoms with Crippen LogP contribution in [0.25, 0.3) is 0 Å². The van der Waals surface area contributed by atoms with E-state index in [-0.39, 0.29) is 24.7 Å². The Morgan fingerprint density at radius 1 is 1.03 bits per heavy atom. The smallest absolute Gasteiger partial charge is 0.343 e. The van der Waals surface area contributed by atoms with Crippen molar-refractivity contribution in [3.05, 3.63) is 88.9 Å². The normalized spacial score (nSPS) is 11.6. The maximum absolute atomic E-state index is 12.6. The molecule has 3 aromatic rings. The van der Waals surface area contributed by atoms with Crippen LogP contribution >= 0.6 is 11.6 Å². The molecule has 3 aromatic carbocycles.